The van der Waals surface area contributed by atoms with E-state index >= 15 is 0 Å². The fraction of sp³-hybridized carbons (Fsp3) is 0.647. The van der Waals surface area contributed by atoms with Crippen LogP contribution in [0.3, 0.4) is 0 Å². The number of rotatable bonds is 5. The highest BCUT2D eigenvalue weighted by atomic mass is 16.5. The molecule has 0 fully saturated rings. The van der Waals surface area contributed by atoms with E-state index in [-0.39, 0.29) is 5.41 Å². The van der Waals surface area contributed by atoms with Crippen molar-refractivity contribution in [3.8, 4) is 5.75 Å². The molecule has 1 aromatic carbocycles. The van der Waals surface area contributed by atoms with E-state index in [9.17, 15) is 0 Å². The number of ether oxygens (including phenoxy) is 1. The fourth-order valence-corrected chi connectivity index (χ4v) is 2.18. The zero-order chi connectivity index (χ0) is 14.6. The standard InChI is InChI=1S/C17H29NO/c1-12(2)14-9-8-13(3)10-15(14)19-11-16(18-7)17(4,5)6/h8-10,12,16,18H,11H2,1-7H3. The number of benzene rings is 1. The molecule has 2 nitrogen and oxygen atoms in total. The van der Waals surface area contributed by atoms with E-state index in [0.29, 0.717) is 18.6 Å². The lowest BCUT2D eigenvalue weighted by atomic mass is 9.87. The van der Waals surface area contributed by atoms with E-state index in [2.05, 4.69) is 65.1 Å². The molecule has 1 aromatic rings. The number of hydrogen-bond acceptors (Lipinski definition) is 2. The Morgan fingerprint density at radius 3 is 2.32 bits per heavy atom. The average Bonchev–Trinajstić information content (AvgIpc) is 2.27. The molecule has 0 aliphatic carbocycles. The van der Waals surface area contributed by atoms with Gasteiger partial charge in [0.25, 0.3) is 0 Å². The molecule has 2 heteroatoms. The lowest BCUT2D eigenvalue weighted by Gasteiger charge is -2.30. The van der Waals surface area contributed by atoms with Gasteiger partial charge < -0.3 is 10.1 Å². The summed E-state index contributed by atoms with van der Waals surface area (Å²) >= 11 is 0. The Labute approximate surface area is 118 Å². The van der Waals surface area contributed by atoms with Crippen LogP contribution in [0.2, 0.25) is 0 Å². The van der Waals surface area contributed by atoms with E-state index in [1.54, 1.807) is 0 Å². The van der Waals surface area contributed by atoms with Crippen LogP contribution in [0.1, 0.15) is 51.7 Å². The van der Waals surface area contributed by atoms with Crippen LogP contribution in [0.4, 0.5) is 0 Å². The molecule has 19 heavy (non-hydrogen) atoms. The van der Waals surface area contributed by atoms with Gasteiger partial charge >= 0.3 is 0 Å². The molecule has 1 rings (SSSR count). The largest absolute Gasteiger partial charge is 0.492 e. The Hall–Kier alpha value is -1.02. The van der Waals surface area contributed by atoms with Crippen LogP contribution in [0, 0.1) is 12.3 Å². The van der Waals surface area contributed by atoms with Gasteiger partial charge in [-0.25, -0.2) is 0 Å². The van der Waals surface area contributed by atoms with Gasteiger partial charge in [-0.1, -0.05) is 46.8 Å². The smallest absolute Gasteiger partial charge is 0.123 e. The minimum atomic E-state index is 0.191. The van der Waals surface area contributed by atoms with Crippen LogP contribution in [-0.4, -0.2) is 19.7 Å². The summed E-state index contributed by atoms with van der Waals surface area (Å²) in [6, 6.07) is 6.82. The van der Waals surface area contributed by atoms with Crippen molar-refractivity contribution in [2.75, 3.05) is 13.7 Å². The molecule has 1 unspecified atom stereocenters. The Bertz CT molecular complexity index is 404. The zero-order valence-electron chi connectivity index (χ0n) is 13.5. The van der Waals surface area contributed by atoms with Crippen molar-refractivity contribution in [3.63, 3.8) is 0 Å². The Morgan fingerprint density at radius 2 is 1.84 bits per heavy atom. The first-order valence-corrected chi connectivity index (χ1v) is 7.16. The number of aryl methyl sites for hydroxylation is 1. The summed E-state index contributed by atoms with van der Waals surface area (Å²) in [7, 11) is 2.00. The van der Waals surface area contributed by atoms with Gasteiger partial charge in [0.2, 0.25) is 0 Å². The molecule has 0 heterocycles. The van der Waals surface area contributed by atoms with E-state index in [1.807, 2.05) is 7.05 Å². The molecule has 0 aromatic heterocycles. The minimum Gasteiger partial charge on any atom is -0.492 e. The molecular weight excluding hydrogens is 234 g/mol. The molecule has 0 aliphatic heterocycles. The number of likely N-dealkylation sites (N-methyl/N-ethyl adjacent to an activating group) is 1. The average molecular weight is 263 g/mol. The molecule has 0 spiro atoms. The van der Waals surface area contributed by atoms with Crippen molar-refractivity contribution in [1.29, 1.82) is 0 Å². The summed E-state index contributed by atoms with van der Waals surface area (Å²) in [5, 5.41) is 3.35. The minimum absolute atomic E-state index is 0.191. The normalized spacial score (nSPS) is 13.7. The van der Waals surface area contributed by atoms with Gasteiger partial charge in [-0.05, 0) is 42.5 Å². The maximum atomic E-state index is 6.10. The van der Waals surface area contributed by atoms with Gasteiger partial charge in [0.1, 0.15) is 12.4 Å². The van der Waals surface area contributed by atoms with Crippen molar-refractivity contribution < 1.29 is 4.74 Å². The van der Waals surface area contributed by atoms with Crippen molar-refractivity contribution in [3.05, 3.63) is 29.3 Å². The molecule has 0 saturated heterocycles. The van der Waals surface area contributed by atoms with Gasteiger partial charge in [-0.2, -0.15) is 0 Å². The van der Waals surface area contributed by atoms with Gasteiger partial charge in [-0.3, -0.25) is 0 Å². The molecule has 0 saturated carbocycles. The van der Waals surface area contributed by atoms with Gasteiger partial charge in [0.15, 0.2) is 0 Å². The molecule has 0 amide bonds. The van der Waals surface area contributed by atoms with Crippen LogP contribution < -0.4 is 10.1 Å². The molecule has 0 bridgehead atoms. The Balaban J connectivity index is 2.84. The molecule has 0 radical (unpaired) electrons. The third-order valence-corrected chi connectivity index (χ3v) is 3.59. The molecule has 1 atom stereocenters. The van der Waals surface area contributed by atoms with E-state index in [0.717, 1.165) is 5.75 Å². The van der Waals surface area contributed by atoms with Gasteiger partial charge in [0.05, 0.1) is 0 Å². The van der Waals surface area contributed by atoms with Crippen molar-refractivity contribution in [1.82, 2.24) is 5.32 Å². The second-order valence-corrected chi connectivity index (χ2v) is 6.71. The Morgan fingerprint density at radius 1 is 1.21 bits per heavy atom. The summed E-state index contributed by atoms with van der Waals surface area (Å²) in [5.74, 6) is 1.51. The summed E-state index contributed by atoms with van der Waals surface area (Å²) in [6.45, 7) is 13.9. The molecule has 108 valence electrons. The summed E-state index contributed by atoms with van der Waals surface area (Å²) in [6.07, 6.45) is 0. The van der Waals surface area contributed by atoms with Crippen molar-refractivity contribution >= 4 is 0 Å². The van der Waals surface area contributed by atoms with Crippen LogP contribution in [0.15, 0.2) is 18.2 Å². The molecular formula is C17H29NO. The number of hydrogen-bond donors (Lipinski definition) is 1. The third kappa shape index (κ3) is 4.54. The van der Waals surface area contributed by atoms with E-state index < -0.39 is 0 Å². The van der Waals surface area contributed by atoms with Crippen LogP contribution >= 0.6 is 0 Å². The summed E-state index contributed by atoms with van der Waals surface area (Å²) in [5.41, 5.74) is 2.72. The lowest BCUT2D eigenvalue weighted by molar-refractivity contribution is 0.180. The Kier molecular flexibility index (Phi) is 5.42. The predicted molar refractivity (Wildman–Crippen MR) is 83.1 cm³/mol. The second kappa shape index (κ2) is 6.42. The quantitative estimate of drug-likeness (QED) is 0.862. The first kappa shape index (κ1) is 16.0. The topological polar surface area (TPSA) is 21.3 Å². The van der Waals surface area contributed by atoms with Crippen LogP contribution in [0.5, 0.6) is 5.75 Å². The van der Waals surface area contributed by atoms with Crippen molar-refractivity contribution in [2.45, 2.75) is 53.5 Å². The third-order valence-electron chi connectivity index (χ3n) is 3.59. The second-order valence-electron chi connectivity index (χ2n) is 6.71. The maximum Gasteiger partial charge on any atom is 0.123 e. The van der Waals surface area contributed by atoms with Crippen molar-refractivity contribution in [2.24, 2.45) is 5.41 Å². The highest BCUT2D eigenvalue weighted by Gasteiger charge is 2.24. The number of nitrogens with one attached hydrogen (secondary N) is 1. The zero-order valence-corrected chi connectivity index (χ0v) is 13.5. The monoisotopic (exact) mass is 263 g/mol. The first-order valence-electron chi connectivity index (χ1n) is 7.16. The maximum absolute atomic E-state index is 6.10. The summed E-state index contributed by atoms with van der Waals surface area (Å²) < 4.78 is 6.10. The predicted octanol–water partition coefficient (Wildman–Crippen LogP) is 4.13. The molecule has 1 N–H and O–H groups in total. The molecule has 0 aliphatic rings. The lowest BCUT2D eigenvalue weighted by Crippen LogP contribution is -2.42. The van der Waals surface area contributed by atoms with E-state index in [1.165, 1.54) is 11.1 Å². The summed E-state index contributed by atoms with van der Waals surface area (Å²) in [4.78, 5) is 0. The van der Waals surface area contributed by atoms with Crippen LogP contribution in [-0.2, 0) is 0 Å². The van der Waals surface area contributed by atoms with Gasteiger partial charge in [0, 0.05) is 6.04 Å². The fourth-order valence-electron chi connectivity index (χ4n) is 2.18. The first-order chi connectivity index (χ1) is 8.75. The van der Waals surface area contributed by atoms with Crippen LogP contribution in [0.25, 0.3) is 0 Å². The van der Waals surface area contributed by atoms with E-state index in [4.69, 9.17) is 4.74 Å². The van der Waals surface area contributed by atoms with Gasteiger partial charge in [-0.15, -0.1) is 0 Å². The highest BCUT2D eigenvalue weighted by Crippen LogP contribution is 2.28. The highest BCUT2D eigenvalue weighted by molar-refractivity contribution is 5.39. The SMILES string of the molecule is CNC(COc1cc(C)ccc1C(C)C)C(C)(C)C.